The zero-order valence-corrected chi connectivity index (χ0v) is 17.2. The van der Waals surface area contributed by atoms with Gasteiger partial charge in [-0.2, -0.15) is 12.6 Å². The minimum atomic E-state index is -0.0105. The van der Waals surface area contributed by atoms with Crippen molar-refractivity contribution in [2.45, 2.75) is 31.4 Å². The fourth-order valence-electron chi connectivity index (χ4n) is 3.38. The Kier molecular flexibility index (Phi) is 7.32. The van der Waals surface area contributed by atoms with Crippen molar-refractivity contribution in [2.75, 3.05) is 6.54 Å². The fourth-order valence-corrected chi connectivity index (χ4v) is 3.69. The Morgan fingerprint density at radius 3 is 2.29 bits per heavy atom. The Morgan fingerprint density at radius 1 is 0.893 bits per heavy atom. The van der Waals surface area contributed by atoms with Crippen LogP contribution in [0.5, 0.6) is 0 Å². The van der Waals surface area contributed by atoms with E-state index in [0.29, 0.717) is 6.54 Å². The van der Waals surface area contributed by atoms with Crippen LogP contribution in [0.15, 0.2) is 78.9 Å². The van der Waals surface area contributed by atoms with Crippen LogP contribution in [0.2, 0.25) is 0 Å². The summed E-state index contributed by atoms with van der Waals surface area (Å²) in [6, 6.07) is 26.6. The van der Waals surface area contributed by atoms with E-state index in [0.717, 1.165) is 36.0 Å². The molecular weight excluding hydrogens is 362 g/mol. The quantitative estimate of drug-likeness (QED) is 0.448. The third-order valence-corrected chi connectivity index (χ3v) is 5.44. The van der Waals surface area contributed by atoms with Gasteiger partial charge in [-0.15, -0.1) is 0 Å². The number of aryl methyl sites for hydroxylation is 1. The summed E-state index contributed by atoms with van der Waals surface area (Å²) < 4.78 is 0. The van der Waals surface area contributed by atoms with Gasteiger partial charge in [-0.05, 0) is 47.6 Å². The largest absolute Gasteiger partial charge is 0.352 e. The van der Waals surface area contributed by atoms with E-state index in [9.17, 15) is 4.79 Å². The second-order valence-corrected chi connectivity index (χ2v) is 7.55. The van der Waals surface area contributed by atoms with Crippen LogP contribution in [-0.2, 0) is 6.42 Å². The number of hydrogen-bond acceptors (Lipinski definition) is 2. The van der Waals surface area contributed by atoms with Gasteiger partial charge in [0.05, 0.1) is 0 Å². The molecule has 1 N–H and O–H groups in total. The number of carbonyl (C=O) groups is 1. The Labute approximate surface area is 173 Å². The summed E-state index contributed by atoms with van der Waals surface area (Å²) in [5, 5.41) is 3.19. The second kappa shape index (κ2) is 10.1. The highest BCUT2D eigenvalue weighted by molar-refractivity contribution is 7.80. The Balaban J connectivity index is 1.84. The van der Waals surface area contributed by atoms with Crippen LogP contribution in [0, 0.1) is 0 Å². The summed E-state index contributed by atoms with van der Waals surface area (Å²) in [4.78, 5) is 12.6. The number of thiol groups is 1. The zero-order chi connectivity index (χ0) is 19.8. The molecule has 1 unspecified atom stereocenters. The Morgan fingerprint density at radius 2 is 1.54 bits per heavy atom. The molecule has 1 amide bonds. The minimum absolute atomic E-state index is 0.0105. The molecule has 0 aliphatic carbocycles. The molecule has 1 atom stereocenters. The van der Waals surface area contributed by atoms with Gasteiger partial charge in [0.15, 0.2) is 0 Å². The van der Waals surface area contributed by atoms with Crippen LogP contribution >= 0.6 is 12.6 Å². The van der Waals surface area contributed by atoms with Crippen LogP contribution in [0.3, 0.4) is 0 Å². The molecule has 0 saturated heterocycles. The summed E-state index contributed by atoms with van der Waals surface area (Å²) in [6.45, 7) is 2.75. The van der Waals surface area contributed by atoms with E-state index in [2.05, 4.69) is 54.7 Å². The monoisotopic (exact) mass is 389 g/mol. The van der Waals surface area contributed by atoms with Crippen molar-refractivity contribution in [3.63, 3.8) is 0 Å². The van der Waals surface area contributed by atoms with E-state index in [1.807, 2.05) is 36.4 Å². The van der Waals surface area contributed by atoms with Gasteiger partial charge in [0.1, 0.15) is 0 Å². The summed E-state index contributed by atoms with van der Waals surface area (Å²) in [5.41, 5.74) is 5.32. The van der Waals surface area contributed by atoms with Crippen molar-refractivity contribution in [3.05, 3.63) is 95.6 Å². The number of benzene rings is 3. The summed E-state index contributed by atoms with van der Waals surface area (Å²) in [7, 11) is 0. The average molecular weight is 390 g/mol. The predicted octanol–water partition coefficient (Wildman–Crippen LogP) is 6.10. The molecule has 0 spiro atoms. The van der Waals surface area contributed by atoms with E-state index in [-0.39, 0.29) is 11.2 Å². The molecule has 0 aromatic heterocycles. The fraction of sp³-hybridized carbons (Fsp3) is 0.240. The molecule has 0 aliphatic heterocycles. The minimum Gasteiger partial charge on any atom is -0.352 e. The number of nitrogens with one attached hydrogen (secondary N) is 1. The molecule has 144 valence electrons. The van der Waals surface area contributed by atoms with Gasteiger partial charge in [-0.25, -0.2) is 0 Å². The lowest BCUT2D eigenvalue weighted by Crippen LogP contribution is -2.24. The number of amides is 1. The van der Waals surface area contributed by atoms with Crippen molar-refractivity contribution in [1.29, 1.82) is 0 Å². The van der Waals surface area contributed by atoms with Gasteiger partial charge >= 0.3 is 0 Å². The number of carbonyl (C=O) groups excluding carboxylic acids is 1. The van der Waals surface area contributed by atoms with Gasteiger partial charge in [-0.3, -0.25) is 4.79 Å². The van der Waals surface area contributed by atoms with Crippen LogP contribution in [0.4, 0.5) is 0 Å². The third-order valence-electron chi connectivity index (χ3n) is 4.89. The molecule has 0 saturated carbocycles. The molecule has 0 heterocycles. The first-order valence-electron chi connectivity index (χ1n) is 9.89. The topological polar surface area (TPSA) is 29.1 Å². The Bertz CT molecular complexity index is 907. The molecular formula is C25H27NOS. The highest BCUT2D eigenvalue weighted by atomic mass is 32.1. The van der Waals surface area contributed by atoms with Gasteiger partial charge in [0, 0.05) is 17.4 Å². The number of hydrogen-bond donors (Lipinski definition) is 2. The van der Waals surface area contributed by atoms with E-state index in [1.54, 1.807) is 0 Å². The molecule has 3 aromatic carbocycles. The highest BCUT2D eigenvalue weighted by Gasteiger charge is 2.15. The van der Waals surface area contributed by atoms with Crippen molar-refractivity contribution in [2.24, 2.45) is 0 Å². The van der Waals surface area contributed by atoms with Crippen molar-refractivity contribution in [1.82, 2.24) is 5.32 Å². The Hall–Kier alpha value is -2.52. The van der Waals surface area contributed by atoms with E-state index < -0.39 is 0 Å². The predicted molar refractivity (Wildman–Crippen MR) is 121 cm³/mol. The summed E-state index contributed by atoms with van der Waals surface area (Å²) >= 11 is 4.80. The lowest BCUT2D eigenvalue weighted by molar-refractivity contribution is 0.0954. The normalized spacial score (nSPS) is 11.8. The standard InChI is InChI=1S/C25H27NOS/c1-2-18-26-25(27)23-15-9-8-14-22(23)21-13-7-6-10-19(21)16-17-24(28)20-11-4-3-5-12-20/h3-15,24,28H,2,16-18H2,1H3,(H,26,27). The van der Waals surface area contributed by atoms with Crippen LogP contribution < -0.4 is 5.32 Å². The molecule has 0 fully saturated rings. The molecule has 3 rings (SSSR count). The second-order valence-electron chi connectivity index (χ2n) is 6.92. The molecule has 28 heavy (non-hydrogen) atoms. The lowest BCUT2D eigenvalue weighted by Gasteiger charge is -2.16. The third kappa shape index (κ3) is 5.05. The smallest absolute Gasteiger partial charge is 0.251 e. The average Bonchev–Trinajstić information content (AvgIpc) is 2.76. The van der Waals surface area contributed by atoms with E-state index >= 15 is 0 Å². The highest BCUT2D eigenvalue weighted by Crippen LogP contribution is 2.31. The maximum absolute atomic E-state index is 12.6. The molecule has 3 heteroatoms. The van der Waals surface area contributed by atoms with Crippen molar-refractivity contribution < 1.29 is 4.79 Å². The first-order valence-corrected chi connectivity index (χ1v) is 10.4. The van der Waals surface area contributed by atoms with Crippen molar-refractivity contribution in [3.8, 4) is 11.1 Å². The maximum atomic E-state index is 12.6. The first-order chi connectivity index (χ1) is 13.7. The summed E-state index contributed by atoms with van der Waals surface area (Å²) in [5.74, 6) is -0.0105. The SMILES string of the molecule is CCCNC(=O)c1ccccc1-c1ccccc1CCC(S)c1ccccc1. The van der Waals surface area contributed by atoms with Crippen molar-refractivity contribution >= 4 is 18.5 Å². The van der Waals surface area contributed by atoms with Gasteiger partial charge < -0.3 is 5.32 Å². The first kappa shape index (κ1) is 20.2. The van der Waals surface area contributed by atoms with Crippen LogP contribution in [0.1, 0.15) is 46.5 Å². The summed E-state index contributed by atoms with van der Waals surface area (Å²) in [6.07, 6.45) is 2.77. The van der Waals surface area contributed by atoms with Crippen LogP contribution in [0.25, 0.3) is 11.1 Å². The molecule has 0 radical (unpaired) electrons. The van der Waals surface area contributed by atoms with Gasteiger partial charge in [0.2, 0.25) is 0 Å². The zero-order valence-electron chi connectivity index (χ0n) is 16.3. The maximum Gasteiger partial charge on any atom is 0.251 e. The molecule has 3 aromatic rings. The van der Waals surface area contributed by atoms with E-state index in [1.165, 1.54) is 11.1 Å². The van der Waals surface area contributed by atoms with Gasteiger partial charge in [-0.1, -0.05) is 79.7 Å². The number of rotatable bonds is 8. The molecule has 2 nitrogen and oxygen atoms in total. The van der Waals surface area contributed by atoms with E-state index in [4.69, 9.17) is 12.6 Å². The van der Waals surface area contributed by atoms with Gasteiger partial charge in [0.25, 0.3) is 5.91 Å². The molecule has 0 aliphatic rings. The lowest BCUT2D eigenvalue weighted by atomic mass is 9.92. The molecule has 0 bridgehead atoms. The van der Waals surface area contributed by atoms with Crippen LogP contribution in [-0.4, -0.2) is 12.5 Å².